The average molecular weight is 417 g/mol. The molecule has 1 aromatic carbocycles. The third kappa shape index (κ3) is 6.20. The molecular formula is C17H27BrN3O2S+. The SMILES string of the molecule is COc1ccc([C@H](C)NC(=S)NCCC[NH+]2CCOCC2)cc1Br. The number of hydrogen-bond acceptors (Lipinski definition) is 3. The van der Waals surface area contributed by atoms with Crippen LogP contribution in [0.25, 0.3) is 0 Å². The van der Waals surface area contributed by atoms with E-state index in [0.29, 0.717) is 5.11 Å². The van der Waals surface area contributed by atoms with E-state index in [2.05, 4.69) is 39.6 Å². The number of ether oxygens (including phenoxy) is 2. The molecule has 1 fully saturated rings. The van der Waals surface area contributed by atoms with Crippen LogP contribution in [0.2, 0.25) is 0 Å². The number of methoxy groups -OCH3 is 1. The highest BCUT2D eigenvalue weighted by Gasteiger charge is 2.13. The predicted molar refractivity (Wildman–Crippen MR) is 104 cm³/mol. The second-order valence-corrected chi connectivity index (χ2v) is 7.24. The highest BCUT2D eigenvalue weighted by atomic mass is 79.9. The van der Waals surface area contributed by atoms with E-state index in [1.807, 2.05) is 12.1 Å². The highest BCUT2D eigenvalue weighted by molar-refractivity contribution is 9.10. The lowest BCUT2D eigenvalue weighted by molar-refractivity contribution is -0.908. The van der Waals surface area contributed by atoms with Crippen LogP contribution in [0.4, 0.5) is 0 Å². The first-order valence-electron chi connectivity index (χ1n) is 8.39. The molecule has 134 valence electrons. The second-order valence-electron chi connectivity index (χ2n) is 5.98. The molecule has 5 nitrogen and oxygen atoms in total. The Kier molecular flexibility index (Phi) is 8.24. The molecule has 24 heavy (non-hydrogen) atoms. The van der Waals surface area contributed by atoms with Crippen molar-refractivity contribution < 1.29 is 14.4 Å². The summed E-state index contributed by atoms with van der Waals surface area (Å²) >= 11 is 8.91. The zero-order valence-electron chi connectivity index (χ0n) is 14.4. The van der Waals surface area contributed by atoms with Crippen LogP contribution in [0.3, 0.4) is 0 Å². The molecule has 1 heterocycles. The highest BCUT2D eigenvalue weighted by Crippen LogP contribution is 2.27. The van der Waals surface area contributed by atoms with E-state index in [9.17, 15) is 0 Å². The zero-order chi connectivity index (χ0) is 17.4. The number of hydrogen-bond donors (Lipinski definition) is 3. The summed E-state index contributed by atoms with van der Waals surface area (Å²) in [5.74, 6) is 0.831. The summed E-state index contributed by atoms with van der Waals surface area (Å²) in [4.78, 5) is 1.62. The van der Waals surface area contributed by atoms with Crippen molar-refractivity contribution in [3.63, 3.8) is 0 Å². The van der Waals surface area contributed by atoms with Gasteiger partial charge in [0.15, 0.2) is 5.11 Å². The summed E-state index contributed by atoms with van der Waals surface area (Å²) in [6.45, 7) is 8.17. The maximum Gasteiger partial charge on any atom is 0.166 e. The summed E-state index contributed by atoms with van der Waals surface area (Å²) < 4.78 is 11.6. The summed E-state index contributed by atoms with van der Waals surface area (Å²) in [5.41, 5.74) is 1.16. The van der Waals surface area contributed by atoms with Crippen molar-refractivity contribution in [2.45, 2.75) is 19.4 Å². The average Bonchev–Trinajstić information content (AvgIpc) is 2.59. The Bertz CT molecular complexity index is 539. The van der Waals surface area contributed by atoms with Crippen molar-refractivity contribution in [3.8, 4) is 5.75 Å². The normalized spacial score (nSPS) is 16.5. The van der Waals surface area contributed by atoms with E-state index < -0.39 is 0 Å². The standard InChI is InChI=1S/C17H26BrN3O2S/c1-13(14-4-5-16(22-2)15(18)12-14)20-17(24)19-6-3-7-21-8-10-23-11-9-21/h4-5,12-13H,3,6-11H2,1-2H3,(H2,19,20,24)/p+1/t13-/m0/s1. The molecule has 0 spiro atoms. The van der Waals surface area contributed by atoms with Gasteiger partial charge in [-0.3, -0.25) is 0 Å². The first-order chi connectivity index (χ1) is 11.6. The van der Waals surface area contributed by atoms with Crippen LogP contribution >= 0.6 is 28.1 Å². The number of benzene rings is 1. The van der Waals surface area contributed by atoms with Crippen molar-refractivity contribution in [2.24, 2.45) is 0 Å². The van der Waals surface area contributed by atoms with E-state index in [1.165, 1.54) is 6.54 Å². The number of morpholine rings is 1. The fraction of sp³-hybridized carbons (Fsp3) is 0.588. The van der Waals surface area contributed by atoms with Gasteiger partial charge in [-0.25, -0.2) is 0 Å². The molecule has 1 aromatic rings. The lowest BCUT2D eigenvalue weighted by Crippen LogP contribution is -3.14. The topological polar surface area (TPSA) is 47.0 Å². The minimum atomic E-state index is 0.136. The Balaban J connectivity index is 1.68. The minimum absolute atomic E-state index is 0.136. The lowest BCUT2D eigenvalue weighted by atomic mass is 10.1. The molecule has 0 bridgehead atoms. The Morgan fingerprint density at radius 3 is 2.83 bits per heavy atom. The molecule has 0 unspecified atom stereocenters. The van der Waals surface area contributed by atoms with Crippen LogP contribution in [0.15, 0.2) is 22.7 Å². The summed E-state index contributed by atoms with van der Waals surface area (Å²) in [6, 6.07) is 6.20. The molecule has 0 amide bonds. The molecule has 1 atom stereocenters. The van der Waals surface area contributed by atoms with Crippen molar-refractivity contribution in [1.82, 2.24) is 10.6 Å². The first kappa shape index (κ1) is 19.4. The monoisotopic (exact) mass is 416 g/mol. The van der Waals surface area contributed by atoms with Gasteiger partial charge in [0.25, 0.3) is 0 Å². The van der Waals surface area contributed by atoms with Gasteiger partial charge in [0.1, 0.15) is 18.8 Å². The molecule has 7 heteroatoms. The number of thiocarbonyl (C=S) groups is 1. The van der Waals surface area contributed by atoms with Crippen LogP contribution in [0.5, 0.6) is 5.75 Å². The first-order valence-corrected chi connectivity index (χ1v) is 9.59. The van der Waals surface area contributed by atoms with Gasteiger partial charge in [-0.15, -0.1) is 0 Å². The maximum absolute atomic E-state index is 5.40. The van der Waals surface area contributed by atoms with E-state index in [4.69, 9.17) is 21.7 Å². The Labute approximate surface area is 158 Å². The fourth-order valence-electron chi connectivity index (χ4n) is 2.73. The molecule has 2 rings (SSSR count). The van der Waals surface area contributed by atoms with Crippen LogP contribution in [-0.2, 0) is 4.74 Å². The molecule has 0 aliphatic carbocycles. The van der Waals surface area contributed by atoms with Crippen LogP contribution in [-0.4, -0.2) is 51.6 Å². The van der Waals surface area contributed by atoms with Crippen LogP contribution in [0, 0.1) is 0 Å². The Morgan fingerprint density at radius 1 is 1.42 bits per heavy atom. The third-order valence-electron chi connectivity index (χ3n) is 4.22. The smallest absolute Gasteiger partial charge is 0.166 e. The van der Waals surface area contributed by atoms with Gasteiger partial charge in [0.2, 0.25) is 0 Å². The van der Waals surface area contributed by atoms with Crippen molar-refractivity contribution in [2.75, 3.05) is 46.5 Å². The van der Waals surface area contributed by atoms with Gasteiger partial charge in [-0.05, 0) is 52.8 Å². The number of quaternary nitrogens is 1. The molecule has 1 saturated heterocycles. The zero-order valence-corrected chi connectivity index (χ0v) is 16.8. The van der Waals surface area contributed by atoms with Crippen LogP contribution in [0.1, 0.15) is 24.9 Å². The van der Waals surface area contributed by atoms with Gasteiger partial charge < -0.3 is 25.0 Å². The number of nitrogens with one attached hydrogen (secondary N) is 3. The van der Waals surface area contributed by atoms with Crippen molar-refractivity contribution in [1.29, 1.82) is 0 Å². The third-order valence-corrected chi connectivity index (χ3v) is 5.10. The van der Waals surface area contributed by atoms with Gasteiger partial charge >= 0.3 is 0 Å². The van der Waals surface area contributed by atoms with Gasteiger partial charge in [0, 0.05) is 13.0 Å². The quantitative estimate of drug-likeness (QED) is 0.461. The Hall–Kier alpha value is -0.890. The molecule has 0 saturated carbocycles. The largest absolute Gasteiger partial charge is 0.496 e. The van der Waals surface area contributed by atoms with Crippen molar-refractivity contribution >= 4 is 33.3 Å². The van der Waals surface area contributed by atoms with E-state index in [0.717, 1.165) is 55.1 Å². The summed E-state index contributed by atoms with van der Waals surface area (Å²) in [5, 5.41) is 7.33. The summed E-state index contributed by atoms with van der Waals surface area (Å²) in [7, 11) is 1.67. The van der Waals surface area contributed by atoms with Crippen LogP contribution < -0.4 is 20.3 Å². The predicted octanol–water partition coefficient (Wildman–Crippen LogP) is 1.29. The van der Waals surface area contributed by atoms with E-state index in [1.54, 1.807) is 12.0 Å². The second kappa shape index (κ2) is 10.2. The molecular weight excluding hydrogens is 390 g/mol. The van der Waals surface area contributed by atoms with E-state index >= 15 is 0 Å². The molecule has 3 N–H and O–H groups in total. The number of halogens is 1. The van der Waals surface area contributed by atoms with Gasteiger partial charge in [0.05, 0.1) is 37.4 Å². The Morgan fingerprint density at radius 2 is 2.17 bits per heavy atom. The molecule has 1 aliphatic rings. The van der Waals surface area contributed by atoms with Crippen molar-refractivity contribution in [3.05, 3.63) is 28.2 Å². The van der Waals surface area contributed by atoms with E-state index in [-0.39, 0.29) is 6.04 Å². The number of rotatable bonds is 7. The molecule has 1 aliphatic heterocycles. The molecule has 0 aromatic heterocycles. The summed E-state index contributed by atoms with van der Waals surface area (Å²) in [6.07, 6.45) is 1.11. The molecule has 0 radical (unpaired) electrons. The maximum atomic E-state index is 5.40. The fourth-order valence-corrected chi connectivity index (χ4v) is 3.57. The minimum Gasteiger partial charge on any atom is -0.496 e. The van der Waals surface area contributed by atoms with Gasteiger partial charge in [-0.2, -0.15) is 0 Å². The lowest BCUT2D eigenvalue weighted by Gasteiger charge is -2.24. The van der Waals surface area contributed by atoms with Gasteiger partial charge in [-0.1, -0.05) is 6.07 Å².